The molecule has 98 valence electrons. The average Bonchev–Trinajstić information content (AvgIpc) is 2.43. The van der Waals surface area contributed by atoms with Gasteiger partial charge in [0.05, 0.1) is 5.92 Å². The third kappa shape index (κ3) is 3.01. The Morgan fingerprint density at radius 2 is 2.22 bits per heavy atom. The molecule has 0 aliphatic carbocycles. The second-order valence-corrected chi connectivity index (χ2v) is 4.58. The first-order valence-corrected chi connectivity index (χ1v) is 6.54. The van der Waals surface area contributed by atoms with Crippen molar-refractivity contribution < 1.29 is 9.90 Å². The first kappa shape index (κ1) is 12.9. The Kier molecular flexibility index (Phi) is 4.59. The number of fused-ring (bicyclic) bond motifs is 1. The molecule has 1 aromatic carbocycles. The largest absolute Gasteiger partial charge is 0.396 e. The fourth-order valence-corrected chi connectivity index (χ4v) is 2.31. The molecular weight excluding hydrogens is 228 g/mol. The minimum Gasteiger partial charge on any atom is -0.396 e. The topological polar surface area (TPSA) is 61.4 Å². The molecule has 1 aromatic rings. The number of amides is 1. The quantitative estimate of drug-likeness (QED) is 0.692. The Labute approximate surface area is 107 Å². The van der Waals surface area contributed by atoms with Gasteiger partial charge in [0.1, 0.15) is 0 Å². The van der Waals surface area contributed by atoms with Crippen molar-refractivity contribution in [1.82, 2.24) is 5.32 Å². The molecule has 0 spiro atoms. The smallest absolute Gasteiger partial charge is 0.227 e. The van der Waals surface area contributed by atoms with Crippen LogP contribution in [-0.4, -0.2) is 30.7 Å². The number of hydrogen-bond acceptors (Lipinski definition) is 3. The molecule has 0 saturated heterocycles. The standard InChI is InChI=1S/C14H20N2O2/c17-10-4-3-8-16-14(18)12-7-9-15-13-6-2-1-5-11(12)13/h1-2,5-6,12,15,17H,3-4,7-10H2,(H,16,18). The number of benzene rings is 1. The van der Waals surface area contributed by atoms with Crippen LogP contribution in [0.15, 0.2) is 24.3 Å². The van der Waals surface area contributed by atoms with Crippen molar-refractivity contribution in [1.29, 1.82) is 0 Å². The molecule has 0 fully saturated rings. The molecule has 1 amide bonds. The predicted octanol–water partition coefficient (Wildman–Crippen LogP) is 1.47. The molecule has 4 nitrogen and oxygen atoms in total. The predicted molar refractivity (Wildman–Crippen MR) is 71.6 cm³/mol. The summed E-state index contributed by atoms with van der Waals surface area (Å²) in [5, 5.41) is 15.0. The van der Waals surface area contributed by atoms with Crippen LogP contribution in [-0.2, 0) is 4.79 Å². The number of para-hydroxylation sites is 1. The summed E-state index contributed by atoms with van der Waals surface area (Å²) in [6, 6.07) is 7.98. The van der Waals surface area contributed by atoms with Gasteiger partial charge in [-0.3, -0.25) is 4.79 Å². The lowest BCUT2D eigenvalue weighted by Crippen LogP contribution is -2.33. The van der Waals surface area contributed by atoms with Gasteiger partial charge in [0.15, 0.2) is 0 Å². The summed E-state index contributed by atoms with van der Waals surface area (Å²) in [6.45, 7) is 1.67. The first-order chi connectivity index (χ1) is 8.83. The molecule has 0 aromatic heterocycles. The SMILES string of the molecule is O=C(NCCCCO)C1CCNc2ccccc21. The number of nitrogens with one attached hydrogen (secondary N) is 2. The summed E-state index contributed by atoms with van der Waals surface area (Å²) in [6.07, 6.45) is 2.40. The highest BCUT2D eigenvalue weighted by Gasteiger charge is 2.25. The van der Waals surface area contributed by atoms with E-state index in [4.69, 9.17) is 5.11 Å². The highest BCUT2D eigenvalue weighted by atomic mass is 16.2. The van der Waals surface area contributed by atoms with Crippen LogP contribution >= 0.6 is 0 Å². The van der Waals surface area contributed by atoms with Crippen LogP contribution < -0.4 is 10.6 Å². The molecule has 0 saturated carbocycles. The number of rotatable bonds is 5. The zero-order valence-corrected chi connectivity index (χ0v) is 10.5. The van der Waals surface area contributed by atoms with Crippen LogP contribution in [0.25, 0.3) is 0 Å². The summed E-state index contributed by atoms with van der Waals surface area (Å²) in [4.78, 5) is 12.1. The molecule has 18 heavy (non-hydrogen) atoms. The Balaban J connectivity index is 1.95. The molecular formula is C14H20N2O2. The molecule has 0 bridgehead atoms. The van der Waals surface area contributed by atoms with Gasteiger partial charge in [0.2, 0.25) is 5.91 Å². The van der Waals surface area contributed by atoms with Crippen LogP contribution in [0.1, 0.15) is 30.7 Å². The monoisotopic (exact) mass is 248 g/mol. The van der Waals surface area contributed by atoms with Gasteiger partial charge in [-0.15, -0.1) is 0 Å². The number of anilines is 1. The van der Waals surface area contributed by atoms with Gasteiger partial charge >= 0.3 is 0 Å². The fourth-order valence-electron chi connectivity index (χ4n) is 2.31. The number of aliphatic hydroxyl groups excluding tert-OH is 1. The number of aliphatic hydroxyl groups is 1. The molecule has 1 atom stereocenters. The summed E-state index contributed by atoms with van der Waals surface area (Å²) in [7, 11) is 0. The Bertz CT molecular complexity index is 407. The van der Waals surface area contributed by atoms with E-state index in [2.05, 4.69) is 10.6 Å². The second-order valence-electron chi connectivity index (χ2n) is 4.58. The molecule has 0 radical (unpaired) electrons. The molecule has 1 aliphatic rings. The lowest BCUT2D eigenvalue weighted by atomic mass is 9.90. The van der Waals surface area contributed by atoms with E-state index in [0.29, 0.717) is 6.54 Å². The van der Waals surface area contributed by atoms with Crippen LogP contribution in [0.3, 0.4) is 0 Å². The van der Waals surface area contributed by atoms with E-state index in [-0.39, 0.29) is 18.4 Å². The minimum absolute atomic E-state index is 0.0448. The molecule has 1 aliphatic heterocycles. The highest BCUT2D eigenvalue weighted by Crippen LogP contribution is 2.31. The first-order valence-electron chi connectivity index (χ1n) is 6.54. The van der Waals surface area contributed by atoms with E-state index in [1.165, 1.54) is 0 Å². The summed E-state index contributed by atoms with van der Waals surface area (Å²) in [5.41, 5.74) is 2.16. The van der Waals surface area contributed by atoms with E-state index in [1.807, 2.05) is 24.3 Å². The van der Waals surface area contributed by atoms with Crippen LogP contribution in [0, 0.1) is 0 Å². The number of hydrogen-bond donors (Lipinski definition) is 3. The van der Waals surface area contributed by atoms with Crippen molar-refractivity contribution in [2.24, 2.45) is 0 Å². The molecule has 2 rings (SSSR count). The molecule has 1 heterocycles. The second kappa shape index (κ2) is 6.40. The van der Waals surface area contributed by atoms with E-state index >= 15 is 0 Å². The highest BCUT2D eigenvalue weighted by molar-refractivity contribution is 5.86. The van der Waals surface area contributed by atoms with Crippen LogP contribution in [0.5, 0.6) is 0 Å². The Hall–Kier alpha value is -1.55. The minimum atomic E-state index is -0.0448. The van der Waals surface area contributed by atoms with Crippen molar-refractivity contribution in [2.75, 3.05) is 25.0 Å². The van der Waals surface area contributed by atoms with Crippen molar-refractivity contribution in [3.05, 3.63) is 29.8 Å². The van der Waals surface area contributed by atoms with Crippen molar-refractivity contribution in [2.45, 2.75) is 25.2 Å². The number of unbranched alkanes of at least 4 members (excludes halogenated alkanes) is 1. The van der Waals surface area contributed by atoms with Crippen LogP contribution in [0.2, 0.25) is 0 Å². The van der Waals surface area contributed by atoms with Crippen molar-refractivity contribution in [3.8, 4) is 0 Å². The summed E-state index contributed by atoms with van der Waals surface area (Å²) >= 11 is 0. The van der Waals surface area contributed by atoms with Gasteiger partial charge in [-0.1, -0.05) is 18.2 Å². The maximum Gasteiger partial charge on any atom is 0.227 e. The van der Waals surface area contributed by atoms with E-state index in [1.54, 1.807) is 0 Å². The normalized spacial score (nSPS) is 17.7. The van der Waals surface area contributed by atoms with Gasteiger partial charge in [-0.05, 0) is 30.9 Å². The van der Waals surface area contributed by atoms with Gasteiger partial charge in [0.25, 0.3) is 0 Å². The summed E-state index contributed by atoms with van der Waals surface area (Å²) < 4.78 is 0. The van der Waals surface area contributed by atoms with Gasteiger partial charge in [-0.25, -0.2) is 0 Å². The number of carbonyl (C=O) groups is 1. The van der Waals surface area contributed by atoms with Gasteiger partial charge in [0, 0.05) is 25.4 Å². The maximum atomic E-state index is 12.1. The van der Waals surface area contributed by atoms with E-state index in [9.17, 15) is 4.79 Å². The van der Waals surface area contributed by atoms with Crippen molar-refractivity contribution in [3.63, 3.8) is 0 Å². The van der Waals surface area contributed by atoms with Gasteiger partial charge < -0.3 is 15.7 Å². The van der Waals surface area contributed by atoms with E-state index < -0.39 is 0 Å². The average molecular weight is 248 g/mol. The third-order valence-electron chi connectivity index (χ3n) is 3.29. The molecule has 1 unspecified atom stereocenters. The Morgan fingerprint density at radius 3 is 3.06 bits per heavy atom. The molecule has 3 N–H and O–H groups in total. The zero-order chi connectivity index (χ0) is 12.8. The molecule has 4 heteroatoms. The summed E-state index contributed by atoms with van der Waals surface area (Å²) in [5.74, 6) is 0.0541. The third-order valence-corrected chi connectivity index (χ3v) is 3.29. The fraction of sp³-hybridized carbons (Fsp3) is 0.500. The number of carbonyl (C=O) groups excluding carboxylic acids is 1. The Morgan fingerprint density at radius 1 is 1.39 bits per heavy atom. The zero-order valence-electron chi connectivity index (χ0n) is 10.5. The lowest BCUT2D eigenvalue weighted by Gasteiger charge is -2.25. The lowest BCUT2D eigenvalue weighted by molar-refractivity contribution is -0.122. The maximum absolute atomic E-state index is 12.1. The van der Waals surface area contributed by atoms with Crippen LogP contribution in [0.4, 0.5) is 5.69 Å². The van der Waals surface area contributed by atoms with E-state index in [0.717, 1.165) is 37.1 Å². The van der Waals surface area contributed by atoms with Crippen molar-refractivity contribution >= 4 is 11.6 Å². The van der Waals surface area contributed by atoms with Gasteiger partial charge in [-0.2, -0.15) is 0 Å².